The number of unbranched alkanes of at least 4 members (excludes halogenated alkanes) is 1. The molecule has 10 atom stereocenters. The van der Waals surface area contributed by atoms with Crippen LogP contribution in [-0.2, 0) is 9.47 Å². The van der Waals surface area contributed by atoms with Crippen molar-refractivity contribution >= 4 is 0 Å². The highest BCUT2D eigenvalue weighted by molar-refractivity contribution is 5.20. The van der Waals surface area contributed by atoms with E-state index in [0.29, 0.717) is 29.6 Å². The molecule has 220 valence electrons. The lowest BCUT2D eigenvalue weighted by Gasteiger charge is -2.58. The summed E-state index contributed by atoms with van der Waals surface area (Å²) in [6.45, 7) is 13.5. The molecule has 5 nitrogen and oxygen atoms in total. The van der Waals surface area contributed by atoms with Crippen LogP contribution < -0.4 is 0 Å². The normalized spacial score (nSPS) is 42.3. The van der Waals surface area contributed by atoms with Crippen molar-refractivity contribution in [3.05, 3.63) is 11.6 Å². The molecule has 1 heterocycles. The van der Waals surface area contributed by atoms with Gasteiger partial charge in [-0.1, -0.05) is 38.3 Å². The molecule has 0 bridgehead atoms. The zero-order chi connectivity index (χ0) is 27.7. The fraction of sp³-hybridized carbons (Fsp3) is 0.939. The van der Waals surface area contributed by atoms with E-state index in [-0.39, 0.29) is 18.8 Å². The van der Waals surface area contributed by atoms with Crippen LogP contribution in [0, 0.1) is 34.5 Å². The summed E-state index contributed by atoms with van der Waals surface area (Å²) in [6, 6.07) is 0. The number of aliphatic hydroxyl groups excluding tert-OH is 2. The topological polar surface area (TPSA) is 79.2 Å². The van der Waals surface area contributed by atoms with Gasteiger partial charge in [0.2, 0.25) is 0 Å². The van der Waals surface area contributed by atoms with E-state index < -0.39 is 18.0 Å². The Kier molecular flexibility index (Phi) is 9.78. The van der Waals surface area contributed by atoms with Crippen LogP contribution in [-0.4, -0.2) is 52.1 Å². The Morgan fingerprint density at radius 2 is 1.82 bits per heavy atom. The van der Waals surface area contributed by atoms with Crippen molar-refractivity contribution in [2.75, 3.05) is 6.61 Å². The zero-order valence-corrected chi connectivity index (χ0v) is 25.3. The monoisotopic (exact) mass is 534 g/mol. The van der Waals surface area contributed by atoms with Crippen LogP contribution >= 0.6 is 0 Å². The molecule has 0 radical (unpaired) electrons. The Hall–Kier alpha value is -0.460. The van der Waals surface area contributed by atoms with Gasteiger partial charge < -0.3 is 24.8 Å². The number of hydrogen-bond acceptors (Lipinski definition) is 5. The SMILES string of the molecule is CC1=CCC2C3CCC(CCCCC(C)(C)O)[C@@]3(C)CC[C@@]2(C)C1CC[C@@H](C)O[C@H]1C[C@@H](O)C[C@@H](CO)O1. The molecule has 0 amide bonds. The molecular formula is C33H58O5. The van der Waals surface area contributed by atoms with Crippen molar-refractivity contribution in [2.45, 2.75) is 155 Å². The number of allylic oxidation sites excluding steroid dienone is 2. The number of hydrogen-bond donors (Lipinski definition) is 3. The number of rotatable bonds is 11. The third-order valence-electron chi connectivity index (χ3n) is 11.6. The molecule has 1 saturated heterocycles. The van der Waals surface area contributed by atoms with Crippen LogP contribution in [0.1, 0.15) is 125 Å². The van der Waals surface area contributed by atoms with E-state index in [1.54, 1.807) is 5.57 Å². The zero-order valence-electron chi connectivity index (χ0n) is 25.3. The van der Waals surface area contributed by atoms with E-state index in [2.05, 4.69) is 33.8 Å². The average molecular weight is 535 g/mol. The molecule has 4 aliphatic rings. The van der Waals surface area contributed by atoms with Crippen LogP contribution in [0.3, 0.4) is 0 Å². The van der Waals surface area contributed by atoms with Crippen molar-refractivity contribution < 1.29 is 24.8 Å². The molecule has 0 aromatic heterocycles. The minimum Gasteiger partial charge on any atom is -0.394 e. The first kappa shape index (κ1) is 30.5. The summed E-state index contributed by atoms with van der Waals surface area (Å²) >= 11 is 0. The second-order valence-corrected chi connectivity index (χ2v) is 14.8. The fourth-order valence-corrected chi connectivity index (χ4v) is 9.28. The Morgan fingerprint density at radius 1 is 1.08 bits per heavy atom. The van der Waals surface area contributed by atoms with E-state index in [1.807, 2.05) is 13.8 Å². The summed E-state index contributed by atoms with van der Waals surface area (Å²) in [5, 5.41) is 29.7. The highest BCUT2D eigenvalue weighted by atomic mass is 16.7. The molecule has 4 unspecified atom stereocenters. The average Bonchev–Trinajstić information content (AvgIpc) is 3.16. The Labute approximate surface area is 232 Å². The molecule has 0 aromatic carbocycles. The van der Waals surface area contributed by atoms with Gasteiger partial charge in [-0.2, -0.15) is 0 Å². The molecule has 3 N–H and O–H groups in total. The molecule has 2 saturated carbocycles. The predicted octanol–water partition coefficient (Wildman–Crippen LogP) is 6.78. The van der Waals surface area contributed by atoms with Gasteiger partial charge >= 0.3 is 0 Å². The first-order valence-electron chi connectivity index (χ1n) is 15.8. The van der Waals surface area contributed by atoms with Crippen LogP contribution in [0.15, 0.2) is 11.6 Å². The Morgan fingerprint density at radius 3 is 2.53 bits per heavy atom. The van der Waals surface area contributed by atoms with Crippen molar-refractivity contribution in [1.29, 1.82) is 0 Å². The van der Waals surface area contributed by atoms with Gasteiger partial charge in [-0.3, -0.25) is 0 Å². The molecule has 3 fully saturated rings. The molecule has 0 spiro atoms. The first-order chi connectivity index (χ1) is 17.9. The number of fused-ring (bicyclic) bond motifs is 3. The lowest BCUT2D eigenvalue weighted by atomic mass is 9.46. The third-order valence-corrected chi connectivity index (χ3v) is 11.6. The molecular weight excluding hydrogens is 476 g/mol. The fourth-order valence-electron chi connectivity index (χ4n) is 9.28. The van der Waals surface area contributed by atoms with Gasteiger partial charge in [-0.25, -0.2) is 0 Å². The van der Waals surface area contributed by atoms with E-state index >= 15 is 0 Å². The van der Waals surface area contributed by atoms with Crippen molar-refractivity contribution in [3.8, 4) is 0 Å². The quantitative estimate of drug-likeness (QED) is 0.201. The van der Waals surface area contributed by atoms with Crippen molar-refractivity contribution in [1.82, 2.24) is 0 Å². The second kappa shape index (κ2) is 12.2. The van der Waals surface area contributed by atoms with Crippen LogP contribution in [0.4, 0.5) is 0 Å². The summed E-state index contributed by atoms with van der Waals surface area (Å²) in [5.41, 5.74) is 1.87. The maximum Gasteiger partial charge on any atom is 0.160 e. The predicted molar refractivity (Wildman–Crippen MR) is 153 cm³/mol. The lowest BCUT2D eigenvalue weighted by molar-refractivity contribution is -0.237. The first-order valence-corrected chi connectivity index (χ1v) is 15.8. The van der Waals surface area contributed by atoms with Crippen LogP contribution in [0.2, 0.25) is 0 Å². The molecule has 1 aliphatic heterocycles. The van der Waals surface area contributed by atoms with Gasteiger partial charge in [0.25, 0.3) is 0 Å². The van der Waals surface area contributed by atoms with Gasteiger partial charge in [0.05, 0.1) is 30.5 Å². The summed E-state index contributed by atoms with van der Waals surface area (Å²) in [4.78, 5) is 0. The Balaban J connectivity index is 1.35. The van der Waals surface area contributed by atoms with E-state index in [9.17, 15) is 15.3 Å². The molecule has 5 heteroatoms. The van der Waals surface area contributed by atoms with Gasteiger partial charge in [0, 0.05) is 12.8 Å². The number of aliphatic hydroxyl groups is 3. The summed E-state index contributed by atoms with van der Waals surface area (Å²) in [5.74, 6) is 3.04. The summed E-state index contributed by atoms with van der Waals surface area (Å²) in [7, 11) is 0. The highest BCUT2D eigenvalue weighted by Crippen LogP contribution is 2.67. The highest BCUT2D eigenvalue weighted by Gasteiger charge is 2.59. The van der Waals surface area contributed by atoms with Crippen LogP contribution in [0.25, 0.3) is 0 Å². The Bertz CT molecular complexity index is 804. The van der Waals surface area contributed by atoms with Crippen LogP contribution in [0.5, 0.6) is 0 Å². The van der Waals surface area contributed by atoms with Gasteiger partial charge in [-0.05, 0) is 120 Å². The molecule has 3 aliphatic carbocycles. The summed E-state index contributed by atoms with van der Waals surface area (Å²) in [6.07, 6.45) is 15.8. The maximum absolute atomic E-state index is 10.1. The van der Waals surface area contributed by atoms with E-state index in [0.717, 1.165) is 43.4 Å². The van der Waals surface area contributed by atoms with Gasteiger partial charge in [0.15, 0.2) is 6.29 Å². The lowest BCUT2D eigenvalue weighted by Crippen LogP contribution is -2.51. The standard InChI is InChI=1S/C33H58O5/c1-22-10-13-29-28-15-12-24(9-7-8-16-31(3,4)36)32(28,5)17-18-33(29,6)27(22)14-11-23(2)37-30-20-25(35)19-26(21-34)38-30/h10,23-30,34-36H,7-9,11-21H2,1-6H3/t23-,24?,25+,26+,27?,28?,29?,30-,32-,33+/m1/s1. The third kappa shape index (κ3) is 6.70. The van der Waals surface area contributed by atoms with Gasteiger partial charge in [0.1, 0.15) is 0 Å². The molecule has 4 rings (SSSR count). The van der Waals surface area contributed by atoms with E-state index in [4.69, 9.17) is 9.47 Å². The summed E-state index contributed by atoms with van der Waals surface area (Å²) < 4.78 is 12.1. The van der Waals surface area contributed by atoms with Gasteiger partial charge in [-0.15, -0.1) is 0 Å². The maximum atomic E-state index is 10.1. The van der Waals surface area contributed by atoms with E-state index in [1.165, 1.54) is 44.9 Å². The van der Waals surface area contributed by atoms with Crippen molar-refractivity contribution in [2.24, 2.45) is 34.5 Å². The largest absolute Gasteiger partial charge is 0.394 e. The minimum atomic E-state index is -0.537. The number of ether oxygens (including phenoxy) is 2. The molecule has 38 heavy (non-hydrogen) atoms. The van der Waals surface area contributed by atoms with Crippen molar-refractivity contribution in [3.63, 3.8) is 0 Å². The smallest absolute Gasteiger partial charge is 0.160 e. The second-order valence-electron chi connectivity index (χ2n) is 14.8. The minimum absolute atomic E-state index is 0.0648. The molecule has 0 aromatic rings.